The Labute approximate surface area is 135 Å². The zero-order valence-electron chi connectivity index (χ0n) is 12.4. The average Bonchev–Trinajstić information content (AvgIpc) is 2.57. The lowest BCUT2D eigenvalue weighted by molar-refractivity contribution is 0.222. The standard InChI is InChI=1S/C16H20N4OS/c1-3-14(19-16-17-5-2-6-18-16)13-15(4-1)21-10-7-20-8-11-22-12-9-20/h1-6,13H,7-12H2,(H,17,18,19). The Balaban J connectivity index is 1.50. The van der Waals surface area contributed by atoms with Gasteiger partial charge in [0.05, 0.1) is 0 Å². The molecular formula is C16H20N4OS. The van der Waals surface area contributed by atoms with Gasteiger partial charge in [0.15, 0.2) is 0 Å². The highest BCUT2D eigenvalue weighted by atomic mass is 32.2. The van der Waals surface area contributed by atoms with Crippen LogP contribution in [0.25, 0.3) is 0 Å². The molecule has 0 spiro atoms. The van der Waals surface area contributed by atoms with Crippen molar-refractivity contribution in [3.63, 3.8) is 0 Å². The molecule has 0 amide bonds. The van der Waals surface area contributed by atoms with Crippen LogP contribution in [-0.4, -0.2) is 52.6 Å². The molecule has 1 aliphatic heterocycles. The molecule has 1 aromatic carbocycles. The van der Waals surface area contributed by atoms with E-state index in [9.17, 15) is 0 Å². The predicted octanol–water partition coefficient (Wildman–Crippen LogP) is 2.65. The van der Waals surface area contributed by atoms with E-state index in [0.717, 1.165) is 24.6 Å². The van der Waals surface area contributed by atoms with Crippen molar-refractivity contribution in [3.05, 3.63) is 42.7 Å². The van der Waals surface area contributed by atoms with Crippen LogP contribution in [0.5, 0.6) is 5.75 Å². The normalized spacial score (nSPS) is 15.5. The van der Waals surface area contributed by atoms with Gasteiger partial charge in [-0.25, -0.2) is 9.97 Å². The van der Waals surface area contributed by atoms with Crippen molar-refractivity contribution in [2.45, 2.75) is 0 Å². The number of hydrogen-bond donors (Lipinski definition) is 1. The Morgan fingerprint density at radius 3 is 2.77 bits per heavy atom. The van der Waals surface area contributed by atoms with Crippen LogP contribution in [0.3, 0.4) is 0 Å². The molecule has 6 heteroatoms. The van der Waals surface area contributed by atoms with E-state index >= 15 is 0 Å². The van der Waals surface area contributed by atoms with E-state index in [-0.39, 0.29) is 0 Å². The molecule has 1 fully saturated rings. The van der Waals surface area contributed by atoms with Crippen molar-refractivity contribution in [3.8, 4) is 5.75 Å². The quantitative estimate of drug-likeness (QED) is 0.884. The van der Waals surface area contributed by atoms with Crippen LogP contribution in [0, 0.1) is 0 Å². The fourth-order valence-corrected chi connectivity index (χ4v) is 3.25. The second kappa shape index (κ2) is 8.00. The van der Waals surface area contributed by atoms with E-state index < -0.39 is 0 Å². The fraction of sp³-hybridized carbons (Fsp3) is 0.375. The third kappa shape index (κ3) is 4.61. The van der Waals surface area contributed by atoms with Gasteiger partial charge in [0, 0.05) is 55.3 Å². The molecule has 22 heavy (non-hydrogen) atoms. The first-order valence-corrected chi connectivity index (χ1v) is 8.63. The summed E-state index contributed by atoms with van der Waals surface area (Å²) in [5.74, 6) is 3.92. The van der Waals surface area contributed by atoms with Crippen LogP contribution >= 0.6 is 11.8 Å². The zero-order valence-corrected chi connectivity index (χ0v) is 13.3. The molecule has 2 aromatic rings. The first kappa shape index (κ1) is 15.1. The number of rotatable bonds is 6. The second-order valence-electron chi connectivity index (χ2n) is 5.03. The molecule has 0 aliphatic carbocycles. The van der Waals surface area contributed by atoms with Gasteiger partial charge in [0.1, 0.15) is 12.4 Å². The molecule has 0 saturated carbocycles. The molecule has 0 unspecified atom stereocenters. The lowest BCUT2D eigenvalue weighted by Crippen LogP contribution is -2.35. The van der Waals surface area contributed by atoms with E-state index in [2.05, 4.69) is 20.2 Å². The van der Waals surface area contributed by atoms with Crippen molar-refractivity contribution >= 4 is 23.4 Å². The summed E-state index contributed by atoms with van der Waals surface area (Å²) in [5, 5.41) is 3.17. The molecule has 0 bridgehead atoms. The third-order valence-corrected chi connectivity index (χ3v) is 4.38. The minimum atomic E-state index is 0.588. The third-order valence-electron chi connectivity index (χ3n) is 3.44. The number of ether oxygens (including phenoxy) is 1. The van der Waals surface area contributed by atoms with Crippen LogP contribution in [0.15, 0.2) is 42.7 Å². The van der Waals surface area contributed by atoms with E-state index in [0.29, 0.717) is 5.95 Å². The first-order valence-electron chi connectivity index (χ1n) is 7.47. The van der Waals surface area contributed by atoms with Crippen molar-refractivity contribution in [1.82, 2.24) is 14.9 Å². The zero-order chi connectivity index (χ0) is 15.0. The molecule has 5 nitrogen and oxygen atoms in total. The Morgan fingerprint density at radius 1 is 1.14 bits per heavy atom. The van der Waals surface area contributed by atoms with E-state index in [1.807, 2.05) is 36.0 Å². The predicted molar refractivity (Wildman–Crippen MR) is 91.0 cm³/mol. The highest BCUT2D eigenvalue weighted by molar-refractivity contribution is 7.99. The second-order valence-corrected chi connectivity index (χ2v) is 6.25. The van der Waals surface area contributed by atoms with Gasteiger partial charge in [-0.05, 0) is 18.2 Å². The fourth-order valence-electron chi connectivity index (χ4n) is 2.27. The number of nitrogens with zero attached hydrogens (tertiary/aromatic N) is 3. The molecule has 3 rings (SSSR count). The van der Waals surface area contributed by atoms with E-state index in [4.69, 9.17) is 4.74 Å². The van der Waals surface area contributed by atoms with Crippen LogP contribution in [0.2, 0.25) is 0 Å². The Kier molecular flexibility index (Phi) is 5.50. The molecular weight excluding hydrogens is 296 g/mol. The summed E-state index contributed by atoms with van der Waals surface area (Å²) >= 11 is 2.03. The SMILES string of the molecule is c1cnc(Nc2cccc(OCCN3CCSCC3)c2)nc1. The summed E-state index contributed by atoms with van der Waals surface area (Å²) in [7, 11) is 0. The van der Waals surface area contributed by atoms with Crippen molar-refractivity contribution in [2.75, 3.05) is 43.1 Å². The highest BCUT2D eigenvalue weighted by Gasteiger charge is 2.09. The van der Waals surface area contributed by atoms with Gasteiger partial charge >= 0.3 is 0 Å². The van der Waals surface area contributed by atoms with Gasteiger partial charge in [-0.1, -0.05) is 6.07 Å². The van der Waals surface area contributed by atoms with E-state index in [1.54, 1.807) is 18.5 Å². The minimum absolute atomic E-state index is 0.588. The summed E-state index contributed by atoms with van der Waals surface area (Å²) in [5.41, 5.74) is 0.929. The lowest BCUT2D eigenvalue weighted by Gasteiger charge is -2.25. The molecule has 1 aliphatic rings. The largest absolute Gasteiger partial charge is 0.492 e. The molecule has 0 atom stereocenters. The van der Waals surface area contributed by atoms with Gasteiger partial charge in [-0.3, -0.25) is 4.90 Å². The smallest absolute Gasteiger partial charge is 0.227 e. The van der Waals surface area contributed by atoms with E-state index in [1.165, 1.54) is 24.6 Å². The number of thioether (sulfide) groups is 1. The van der Waals surface area contributed by atoms with Gasteiger partial charge in [-0.15, -0.1) is 0 Å². The molecule has 1 N–H and O–H groups in total. The molecule has 0 radical (unpaired) electrons. The molecule has 1 saturated heterocycles. The maximum atomic E-state index is 5.86. The summed E-state index contributed by atoms with van der Waals surface area (Å²) in [6.45, 7) is 4.04. The van der Waals surface area contributed by atoms with Crippen LogP contribution < -0.4 is 10.1 Å². The monoisotopic (exact) mass is 316 g/mol. The summed E-state index contributed by atoms with van der Waals surface area (Å²) in [4.78, 5) is 10.8. The Morgan fingerprint density at radius 2 is 1.95 bits per heavy atom. The topological polar surface area (TPSA) is 50.3 Å². The first-order chi connectivity index (χ1) is 10.9. The number of aromatic nitrogens is 2. The lowest BCUT2D eigenvalue weighted by atomic mass is 10.3. The number of anilines is 2. The Bertz CT molecular complexity index is 575. The maximum absolute atomic E-state index is 5.86. The van der Waals surface area contributed by atoms with Crippen molar-refractivity contribution < 1.29 is 4.74 Å². The Hall–Kier alpha value is -1.79. The van der Waals surface area contributed by atoms with Crippen molar-refractivity contribution in [1.29, 1.82) is 0 Å². The van der Waals surface area contributed by atoms with Gasteiger partial charge in [0.25, 0.3) is 0 Å². The number of hydrogen-bond acceptors (Lipinski definition) is 6. The van der Waals surface area contributed by atoms with Gasteiger partial charge < -0.3 is 10.1 Å². The number of benzene rings is 1. The maximum Gasteiger partial charge on any atom is 0.227 e. The molecule has 2 heterocycles. The van der Waals surface area contributed by atoms with Crippen LogP contribution in [0.1, 0.15) is 0 Å². The van der Waals surface area contributed by atoms with Gasteiger partial charge in [0.2, 0.25) is 5.95 Å². The highest BCUT2D eigenvalue weighted by Crippen LogP contribution is 2.19. The summed E-state index contributed by atoms with van der Waals surface area (Å²) in [6, 6.07) is 9.69. The number of nitrogens with one attached hydrogen (secondary N) is 1. The van der Waals surface area contributed by atoms with Crippen LogP contribution in [-0.2, 0) is 0 Å². The molecule has 1 aromatic heterocycles. The van der Waals surface area contributed by atoms with Crippen LogP contribution in [0.4, 0.5) is 11.6 Å². The van der Waals surface area contributed by atoms with Gasteiger partial charge in [-0.2, -0.15) is 11.8 Å². The average molecular weight is 316 g/mol. The summed E-state index contributed by atoms with van der Waals surface area (Å²) in [6.07, 6.45) is 3.43. The minimum Gasteiger partial charge on any atom is -0.492 e. The van der Waals surface area contributed by atoms with Crippen molar-refractivity contribution in [2.24, 2.45) is 0 Å². The summed E-state index contributed by atoms with van der Waals surface area (Å²) < 4.78 is 5.86. The molecule has 116 valence electrons.